The first-order chi connectivity index (χ1) is 21.6. The van der Waals surface area contributed by atoms with Crippen molar-refractivity contribution < 1.29 is 23.1 Å². The van der Waals surface area contributed by atoms with E-state index in [1.165, 1.54) is 0 Å². The monoisotopic (exact) mass is 648 g/mol. The second-order valence-electron chi connectivity index (χ2n) is 12.9. The summed E-state index contributed by atoms with van der Waals surface area (Å²) in [5.74, 6) is 0.497. The molecule has 0 spiro atoms. The molecule has 1 aromatic heterocycles. The molecule has 0 saturated carbocycles. The molecule has 0 aliphatic carbocycles. The van der Waals surface area contributed by atoms with E-state index in [1.54, 1.807) is 19.2 Å². The van der Waals surface area contributed by atoms with Crippen molar-refractivity contribution in [3.63, 3.8) is 0 Å². The standard InChI is InChI=1S/C36H52N2O5Si2/c1-8-45(9-2,10-3)43-35(30-22-23-37-32-21-20-29(40-4)27-31(30)32)34-33(42-44(5,6)7)19-16-25-38(34)24-14-15-26-41-36(39)28-17-12-11-13-18-28/h11-15,17-18,20-23,27,33-35H,8-10,16,19,24-26H2,1-7H3/b15-14+/t33-,34-,35+/m0/s1. The Morgan fingerprint density at radius 1 is 1.02 bits per heavy atom. The van der Waals surface area contributed by atoms with Gasteiger partial charge in [-0.05, 0) is 105 Å². The van der Waals surface area contributed by atoms with Gasteiger partial charge in [0.1, 0.15) is 12.4 Å². The van der Waals surface area contributed by atoms with Gasteiger partial charge in [-0.1, -0.05) is 45.0 Å². The highest BCUT2D eigenvalue weighted by molar-refractivity contribution is 6.73. The van der Waals surface area contributed by atoms with Crippen molar-refractivity contribution in [1.29, 1.82) is 0 Å². The quantitative estimate of drug-likeness (QED) is 0.0931. The molecule has 1 saturated heterocycles. The Bertz CT molecular complexity index is 1400. The van der Waals surface area contributed by atoms with Crippen molar-refractivity contribution in [2.75, 3.05) is 26.8 Å². The third-order valence-corrected chi connectivity index (χ3v) is 14.6. The lowest BCUT2D eigenvalue weighted by atomic mass is 9.89. The minimum atomic E-state index is -2.06. The summed E-state index contributed by atoms with van der Waals surface area (Å²) in [4.78, 5) is 19.7. The number of ether oxygens (including phenoxy) is 2. The first kappa shape index (κ1) is 35.0. The van der Waals surface area contributed by atoms with Crippen molar-refractivity contribution >= 4 is 33.5 Å². The van der Waals surface area contributed by atoms with Crippen LogP contribution >= 0.6 is 0 Å². The fraction of sp³-hybridized carbons (Fsp3) is 0.500. The number of hydrogen-bond acceptors (Lipinski definition) is 7. The first-order valence-electron chi connectivity index (χ1n) is 16.5. The van der Waals surface area contributed by atoms with Crippen molar-refractivity contribution in [2.24, 2.45) is 0 Å². The number of nitrogens with zero attached hydrogens (tertiary/aromatic N) is 2. The minimum Gasteiger partial charge on any atom is -0.497 e. The molecule has 0 unspecified atom stereocenters. The van der Waals surface area contributed by atoms with E-state index in [9.17, 15) is 4.79 Å². The van der Waals surface area contributed by atoms with Crippen molar-refractivity contribution in [3.05, 3.63) is 84.1 Å². The molecule has 0 bridgehead atoms. The predicted molar refractivity (Wildman–Crippen MR) is 188 cm³/mol. The molecule has 1 aliphatic heterocycles. The number of carbonyl (C=O) groups excluding carboxylic acids is 1. The Labute approximate surface area is 272 Å². The number of piperidine rings is 1. The number of carbonyl (C=O) groups is 1. The SMILES string of the molecule is CC[Si](CC)(CC)O[C@H](c1ccnc2ccc(OC)cc12)[C@@H]1[C@@H](O[Si](C)(C)C)CCCN1C/C=C/COC(=O)c1ccccc1. The van der Waals surface area contributed by atoms with Gasteiger partial charge in [0.15, 0.2) is 16.6 Å². The van der Waals surface area contributed by atoms with Gasteiger partial charge in [-0.25, -0.2) is 4.79 Å². The van der Waals surface area contributed by atoms with Crippen LogP contribution in [0.5, 0.6) is 5.75 Å². The molecular formula is C36H52N2O5Si2. The average molecular weight is 649 g/mol. The number of esters is 1. The highest BCUT2D eigenvalue weighted by atomic mass is 28.4. The van der Waals surface area contributed by atoms with E-state index in [2.05, 4.69) is 63.5 Å². The number of aromatic nitrogens is 1. The summed E-state index contributed by atoms with van der Waals surface area (Å²) in [6, 6.07) is 20.5. The zero-order valence-corrected chi connectivity index (χ0v) is 30.3. The van der Waals surface area contributed by atoms with Crippen LogP contribution in [0.1, 0.15) is 55.6 Å². The zero-order valence-electron chi connectivity index (χ0n) is 28.3. The normalized spacial score (nSPS) is 18.7. The summed E-state index contributed by atoms with van der Waals surface area (Å²) >= 11 is 0. The Kier molecular flexibility index (Phi) is 12.6. The Morgan fingerprint density at radius 2 is 1.76 bits per heavy atom. The van der Waals surface area contributed by atoms with Gasteiger partial charge >= 0.3 is 5.97 Å². The van der Waals surface area contributed by atoms with Crippen molar-refractivity contribution in [1.82, 2.24) is 9.88 Å². The number of methoxy groups -OCH3 is 1. The summed E-state index contributed by atoms with van der Waals surface area (Å²) in [5.41, 5.74) is 2.64. The molecule has 0 N–H and O–H groups in total. The number of benzene rings is 2. The summed E-state index contributed by atoms with van der Waals surface area (Å²) in [5, 5.41) is 1.06. The Balaban J connectivity index is 1.72. The molecule has 2 aromatic carbocycles. The molecule has 7 nitrogen and oxygen atoms in total. The first-order valence-corrected chi connectivity index (χ1v) is 22.5. The van der Waals surface area contributed by atoms with E-state index in [0.717, 1.165) is 59.7 Å². The topological polar surface area (TPSA) is 70.1 Å². The fourth-order valence-corrected chi connectivity index (χ4v) is 10.4. The van der Waals surface area contributed by atoms with Crippen LogP contribution in [-0.2, 0) is 13.6 Å². The number of fused-ring (bicyclic) bond motifs is 1. The van der Waals surface area contributed by atoms with Gasteiger partial charge in [-0.2, -0.15) is 0 Å². The summed E-state index contributed by atoms with van der Waals surface area (Å²) in [6.07, 6.45) is 7.87. The lowest BCUT2D eigenvalue weighted by Gasteiger charge is -2.48. The van der Waals surface area contributed by atoms with Crippen LogP contribution in [0, 0.1) is 0 Å². The smallest absolute Gasteiger partial charge is 0.338 e. The van der Waals surface area contributed by atoms with Crippen LogP contribution in [0.4, 0.5) is 0 Å². The molecule has 0 amide bonds. The molecule has 4 rings (SSSR count). The fourth-order valence-electron chi connectivity index (χ4n) is 6.40. The second-order valence-corrected chi connectivity index (χ2v) is 22.1. The Morgan fingerprint density at radius 3 is 2.42 bits per heavy atom. The van der Waals surface area contributed by atoms with Gasteiger partial charge in [0.25, 0.3) is 0 Å². The maximum absolute atomic E-state index is 12.4. The molecule has 0 radical (unpaired) electrons. The molecule has 2 heterocycles. The van der Waals surface area contributed by atoms with Crippen molar-refractivity contribution in [2.45, 2.75) is 89.6 Å². The lowest BCUT2D eigenvalue weighted by molar-refractivity contribution is -0.0367. The maximum atomic E-state index is 12.4. The second kappa shape index (κ2) is 16.1. The number of rotatable bonds is 15. The van der Waals surface area contributed by atoms with Gasteiger partial charge in [0.2, 0.25) is 0 Å². The van der Waals surface area contributed by atoms with E-state index >= 15 is 0 Å². The molecule has 1 aliphatic rings. The molecule has 1 fully saturated rings. The molecule has 45 heavy (non-hydrogen) atoms. The summed E-state index contributed by atoms with van der Waals surface area (Å²) in [6.45, 7) is 15.6. The molecular weight excluding hydrogens is 597 g/mol. The minimum absolute atomic E-state index is 0.00956. The van der Waals surface area contributed by atoms with Crippen LogP contribution < -0.4 is 4.74 Å². The average Bonchev–Trinajstić information content (AvgIpc) is 3.05. The highest BCUT2D eigenvalue weighted by Gasteiger charge is 2.44. The van der Waals surface area contributed by atoms with Crippen LogP contribution in [0.2, 0.25) is 37.8 Å². The van der Waals surface area contributed by atoms with Crippen LogP contribution in [0.15, 0.2) is 72.9 Å². The molecule has 3 aromatic rings. The molecule has 3 atom stereocenters. The predicted octanol–water partition coefficient (Wildman–Crippen LogP) is 8.40. The van der Waals surface area contributed by atoms with Gasteiger partial charge in [-0.15, -0.1) is 0 Å². The van der Waals surface area contributed by atoms with Gasteiger partial charge < -0.3 is 18.3 Å². The number of likely N-dealkylation sites (tertiary alicyclic amines) is 1. The zero-order chi connectivity index (χ0) is 32.5. The third-order valence-electron chi connectivity index (χ3n) is 8.98. The third kappa shape index (κ3) is 9.13. The van der Waals surface area contributed by atoms with Gasteiger partial charge in [0.05, 0.1) is 36.4 Å². The summed E-state index contributed by atoms with van der Waals surface area (Å²) < 4.78 is 25.7. The van der Waals surface area contributed by atoms with Crippen LogP contribution in [-0.4, -0.2) is 71.4 Å². The lowest BCUT2D eigenvalue weighted by Crippen LogP contribution is -2.56. The van der Waals surface area contributed by atoms with E-state index in [-0.39, 0.29) is 30.8 Å². The molecule has 9 heteroatoms. The van der Waals surface area contributed by atoms with E-state index < -0.39 is 16.6 Å². The number of hydrogen-bond donors (Lipinski definition) is 0. The van der Waals surface area contributed by atoms with E-state index in [1.807, 2.05) is 42.6 Å². The summed E-state index contributed by atoms with van der Waals surface area (Å²) in [7, 11) is -2.24. The Hall–Kier alpha value is -2.83. The molecule has 244 valence electrons. The van der Waals surface area contributed by atoms with E-state index in [0.29, 0.717) is 12.1 Å². The highest BCUT2D eigenvalue weighted by Crippen LogP contribution is 2.41. The van der Waals surface area contributed by atoms with Gasteiger partial charge in [0, 0.05) is 18.1 Å². The number of pyridine rings is 1. The largest absolute Gasteiger partial charge is 0.497 e. The van der Waals surface area contributed by atoms with Crippen molar-refractivity contribution in [3.8, 4) is 5.75 Å². The van der Waals surface area contributed by atoms with E-state index in [4.69, 9.17) is 23.3 Å². The maximum Gasteiger partial charge on any atom is 0.338 e. The van der Waals surface area contributed by atoms with Gasteiger partial charge in [-0.3, -0.25) is 9.88 Å². The van der Waals surface area contributed by atoms with Crippen LogP contribution in [0.3, 0.4) is 0 Å². The van der Waals surface area contributed by atoms with Crippen LogP contribution in [0.25, 0.3) is 10.9 Å².